The Morgan fingerprint density at radius 3 is 1.23 bits per heavy atom. The molecule has 0 saturated heterocycles. The van der Waals surface area contributed by atoms with Crippen molar-refractivity contribution in [1.82, 2.24) is 40.8 Å². The van der Waals surface area contributed by atoms with Crippen LogP contribution in [0, 0.1) is 17.4 Å². The monoisotopic (exact) mass is 1320 g/mol. The summed E-state index contributed by atoms with van der Waals surface area (Å²) in [4.78, 5) is 51.2. The summed E-state index contributed by atoms with van der Waals surface area (Å²) < 4.78 is 22.9. The Hall–Kier alpha value is -8.31. The van der Waals surface area contributed by atoms with Crippen molar-refractivity contribution in [3.05, 3.63) is 210 Å². The number of carboxylic acid groups (broad SMARTS) is 3. The minimum atomic E-state index is -1.24. The molecule has 12 rings (SSSR count). The Morgan fingerprint density at radius 1 is 0.479 bits per heavy atom. The normalized spacial score (nSPS) is 12.9. The van der Waals surface area contributed by atoms with Gasteiger partial charge in [0.15, 0.2) is 0 Å². The number of carbonyl (C=O) groups excluding carboxylic acids is 4. The molecular formula is C72H68N9Na3O12. The van der Waals surface area contributed by atoms with Gasteiger partial charge in [0.1, 0.15) is 0 Å². The van der Waals surface area contributed by atoms with E-state index in [0.717, 1.165) is 46.7 Å². The summed E-state index contributed by atoms with van der Waals surface area (Å²) in [5.74, 6) is 2.00. The number of hydrogen-bond donors (Lipinski definition) is 1. The van der Waals surface area contributed by atoms with E-state index in [1.165, 1.54) is 48.2 Å². The molecule has 0 radical (unpaired) electrons. The average Bonchev–Trinajstić information content (AvgIpc) is 1.72. The third-order valence-electron chi connectivity index (χ3n) is 15.3. The van der Waals surface area contributed by atoms with E-state index >= 15 is 0 Å². The zero-order valence-corrected chi connectivity index (χ0v) is 61.8. The number of nitrogens with zero attached hydrogens (tertiary/aromatic N) is 9. The molecule has 0 aliphatic heterocycles. The fraction of sp³-hybridized carbons (Fsp3) is 0.250. The Morgan fingerprint density at radius 2 is 0.833 bits per heavy atom. The third-order valence-corrected chi connectivity index (χ3v) is 15.3. The van der Waals surface area contributed by atoms with Crippen LogP contribution in [0.3, 0.4) is 0 Å². The zero-order chi connectivity index (χ0) is 66.8. The molecule has 0 amide bonds. The smallest absolute Gasteiger partial charge is 0.545 e. The minimum absolute atomic E-state index is 0. The van der Waals surface area contributed by atoms with Crippen LogP contribution < -0.4 is 104 Å². The van der Waals surface area contributed by atoms with Gasteiger partial charge in [-0.25, -0.2) is 4.79 Å². The van der Waals surface area contributed by atoms with Gasteiger partial charge in [0.2, 0.25) is 47.1 Å². The van der Waals surface area contributed by atoms with E-state index in [9.17, 15) is 24.6 Å². The van der Waals surface area contributed by atoms with Crippen LogP contribution >= 0.6 is 0 Å². The van der Waals surface area contributed by atoms with Gasteiger partial charge in [-0.05, 0) is 162 Å². The second kappa shape index (κ2) is 37.3. The molecule has 1 fully saturated rings. The van der Waals surface area contributed by atoms with Crippen molar-refractivity contribution in [2.45, 2.75) is 91.9 Å². The number of hydrogen-bond acceptors (Lipinski definition) is 20. The molecule has 0 unspecified atom stereocenters. The first-order valence-electron chi connectivity index (χ1n) is 29.8. The van der Waals surface area contributed by atoms with Gasteiger partial charge in [-0.15, -0.1) is 40.8 Å². The van der Waals surface area contributed by atoms with Gasteiger partial charge in [0, 0.05) is 59.1 Å². The van der Waals surface area contributed by atoms with E-state index < -0.39 is 17.9 Å². The second-order valence-electron chi connectivity index (χ2n) is 23.6. The summed E-state index contributed by atoms with van der Waals surface area (Å²) >= 11 is 0. The van der Waals surface area contributed by atoms with E-state index in [0.29, 0.717) is 75.2 Å². The predicted molar refractivity (Wildman–Crippen MR) is 341 cm³/mol. The van der Waals surface area contributed by atoms with E-state index in [4.69, 9.17) is 32.4 Å². The summed E-state index contributed by atoms with van der Waals surface area (Å²) in [5, 5.41) is 63.5. The third kappa shape index (κ3) is 21.9. The van der Waals surface area contributed by atoms with Crippen molar-refractivity contribution >= 4 is 29.7 Å². The van der Waals surface area contributed by atoms with Gasteiger partial charge in [-0.2, -0.15) is 39.9 Å². The molecule has 24 heteroatoms. The van der Waals surface area contributed by atoms with Gasteiger partial charge in [-0.1, -0.05) is 109 Å². The maximum Gasteiger partial charge on any atom is 1.00 e. The van der Waals surface area contributed by atoms with Crippen LogP contribution in [0.2, 0.25) is 0 Å². The van der Waals surface area contributed by atoms with Crippen molar-refractivity contribution < 1.29 is 146 Å². The van der Waals surface area contributed by atoms with Gasteiger partial charge in [0.25, 0.3) is 0 Å². The molecule has 1 N–H and O–H groups in total. The Labute approximate surface area is 622 Å². The molecule has 1 saturated carbocycles. The SMILES string of the molecule is CC(C)(C)C1CCC(c2nnc(-c3cccc(C(=O)O)c3)o2)CC1.CC(C)c1ccc(-c2nnc(-c3cccc(C(=O)[O-])c3)o2)cc1.CC(C)c1cccc(-c2nnc(-c3cc[c-]cc3)o2)c1.CN(C)c1ccc(-c2nnc(-c3cccc(C(=O)[O-])c3)o2)cc1.O=C=O.[Na+].[Na+].[Na+]. The maximum absolute atomic E-state index is 11.1. The van der Waals surface area contributed by atoms with E-state index in [-0.39, 0.29) is 123 Å². The molecule has 7 aromatic carbocycles. The van der Waals surface area contributed by atoms with Gasteiger partial charge < -0.3 is 47.5 Å². The average molecular weight is 1320 g/mol. The van der Waals surface area contributed by atoms with E-state index in [2.05, 4.69) is 107 Å². The van der Waals surface area contributed by atoms with Gasteiger partial charge in [0.05, 0.1) is 17.5 Å². The largest absolute Gasteiger partial charge is 1.00 e. The zero-order valence-electron chi connectivity index (χ0n) is 55.8. The number of aromatic carboxylic acids is 3. The molecule has 11 aromatic rings. The summed E-state index contributed by atoms with van der Waals surface area (Å²) in [7, 11) is 3.92. The van der Waals surface area contributed by atoms with Crippen LogP contribution in [-0.2, 0) is 9.59 Å². The van der Waals surface area contributed by atoms with Crippen molar-refractivity contribution in [2.75, 3.05) is 19.0 Å². The summed E-state index contributed by atoms with van der Waals surface area (Å²) in [6, 6.07) is 53.3. The number of carbonyl (C=O) groups is 3. The number of carboxylic acids is 3. The van der Waals surface area contributed by atoms with Crippen molar-refractivity contribution in [3.8, 4) is 80.2 Å². The van der Waals surface area contributed by atoms with Gasteiger partial charge >= 0.3 is 101 Å². The number of aromatic nitrogens is 8. The van der Waals surface area contributed by atoms with E-state index in [1.807, 2.05) is 104 Å². The van der Waals surface area contributed by atoms with Gasteiger partial charge in [-0.3, -0.25) is 0 Å². The van der Waals surface area contributed by atoms with Crippen LogP contribution in [0.5, 0.6) is 0 Å². The molecule has 0 atom stereocenters. The number of rotatable bonds is 14. The predicted octanol–water partition coefficient (Wildman–Crippen LogP) is 4.23. The topological polar surface area (TPSA) is 311 Å². The molecule has 1 aliphatic carbocycles. The quantitative estimate of drug-likeness (QED) is 0.118. The van der Waals surface area contributed by atoms with Crippen LogP contribution in [0.15, 0.2) is 188 Å². The maximum atomic E-state index is 11.1. The molecular weight excluding hydrogens is 1250 g/mol. The summed E-state index contributed by atoms with van der Waals surface area (Å²) in [6.45, 7) is 15.5. The molecule has 0 spiro atoms. The van der Waals surface area contributed by atoms with Crippen LogP contribution in [0.4, 0.5) is 5.69 Å². The van der Waals surface area contributed by atoms with Crippen LogP contribution in [-0.4, -0.2) is 84.1 Å². The molecule has 4 aromatic heterocycles. The molecule has 0 bridgehead atoms. The summed E-state index contributed by atoms with van der Waals surface area (Å²) in [6.07, 6.45) is 4.75. The molecule has 96 heavy (non-hydrogen) atoms. The Bertz CT molecular complexity index is 4160. The summed E-state index contributed by atoms with van der Waals surface area (Å²) in [5.41, 5.74) is 9.48. The minimum Gasteiger partial charge on any atom is -0.545 e. The first-order chi connectivity index (χ1) is 44.6. The van der Waals surface area contributed by atoms with Crippen molar-refractivity contribution in [1.29, 1.82) is 0 Å². The van der Waals surface area contributed by atoms with Crippen LogP contribution in [0.1, 0.15) is 140 Å². The number of anilines is 1. The Kier molecular flexibility index (Phi) is 30.4. The molecule has 4 heterocycles. The van der Waals surface area contributed by atoms with Crippen molar-refractivity contribution in [2.24, 2.45) is 11.3 Å². The van der Waals surface area contributed by atoms with E-state index in [1.54, 1.807) is 48.5 Å². The molecule has 476 valence electrons. The second-order valence-corrected chi connectivity index (χ2v) is 23.6. The first-order valence-corrected chi connectivity index (χ1v) is 29.8. The molecule has 1 aliphatic rings. The fourth-order valence-electron chi connectivity index (χ4n) is 9.91. The fourth-order valence-corrected chi connectivity index (χ4v) is 9.91. The van der Waals surface area contributed by atoms with Crippen molar-refractivity contribution in [3.63, 3.8) is 0 Å². The molecule has 21 nitrogen and oxygen atoms in total. The van der Waals surface area contributed by atoms with Crippen LogP contribution in [0.25, 0.3) is 80.2 Å². The number of benzene rings is 7. The Balaban J connectivity index is 0.000000226. The first kappa shape index (κ1) is 78.4. The standard InChI is InChI=1S/C19H24N2O3.C18H16N2O3.C17H15N3O3.C17H15N2O.CO2.3Na/c1-19(2,3)15-9-7-12(8-10-15)16-20-21-17(24-16)13-5-4-6-14(11-13)18(22)23;1-11(2)12-6-8-13(9-7-12)16-19-20-17(23-16)14-4-3-5-15(10-14)18(21)22;1-20(2)14-8-6-11(7-9-14)15-18-19-16(23-15)12-4-3-5-13(10-12)17(21)22;1-12(2)14-9-6-10-15(11-14)17-19-18-16(20-17)13-7-4-3-5-8-13;2-1-3;;;/h4-6,11-12,15H,7-10H2,1-3H3,(H,22,23);3-11H,1-2H3,(H,21,22);3-10H,1-2H3,(H,21,22);4-12H,1-2H3;;;;/q;;;-1;;3*+1/p-2.